The molecule has 3 aromatic rings. The molecule has 2 aromatic carbocycles. The first-order chi connectivity index (χ1) is 11.7. The third kappa shape index (κ3) is 3.65. The average Bonchev–Trinajstić information content (AvgIpc) is 3.01. The number of halogens is 1. The van der Waals surface area contributed by atoms with Crippen molar-refractivity contribution in [2.45, 2.75) is 6.92 Å². The Kier molecular flexibility index (Phi) is 4.96. The fourth-order valence-electron chi connectivity index (χ4n) is 2.18. The summed E-state index contributed by atoms with van der Waals surface area (Å²) >= 11 is 3.44. The second kappa shape index (κ2) is 7.31. The van der Waals surface area contributed by atoms with Gasteiger partial charge in [-0.25, -0.2) is 5.43 Å². The maximum atomic E-state index is 12.1. The highest BCUT2D eigenvalue weighted by Crippen LogP contribution is 2.25. The van der Waals surface area contributed by atoms with E-state index in [1.54, 1.807) is 12.3 Å². The molecule has 0 saturated carbocycles. The Balaban J connectivity index is 1.67. The van der Waals surface area contributed by atoms with Gasteiger partial charge in [-0.1, -0.05) is 18.2 Å². The summed E-state index contributed by atoms with van der Waals surface area (Å²) in [4.78, 5) is 12.1. The lowest BCUT2D eigenvalue weighted by molar-refractivity contribution is 0.0929. The van der Waals surface area contributed by atoms with Crippen molar-refractivity contribution < 1.29 is 13.9 Å². The Labute approximate surface area is 147 Å². The summed E-state index contributed by atoms with van der Waals surface area (Å²) in [6, 6.07) is 14.7. The highest BCUT2D eigenvalue weighted by Gasteiger charge is 2.10. The van der Waals surface area contributed by atoms with Gasteiger partial charge in [-0.05, 0) is 58.7 Å². The van der Waals surface area contributed by atoms with Gasteiger partial charge in [0.25, 0.3) is 0 Å². The van der Waals surface area contributed by atoms with Crippen LogP contribution in [-0.2, 0) is 0 Å². The first kappa shape index (κ1) is 16.3. The Hall–Kier alpha value is -2.60. The van der Waals surface area contributed by atoms with Gasteiger partial charge in [-0.15, -0.1) is 0 Å². The van der Waals surface area contributed by atoms with Crippen LogP contribution in [0.15, 0.2) is 62.5 Å². The minimum atomic E-state index is -0.396. The van der Waals surface area contributed by atoms with E-state index >= 15 is 0 Å². The number of ether oxygens (including phenoxy) is 1. The third-order valence-electron chi connectivity index (χ3n) is 3.28. The van der Waals surface area contributed by atoms with Gasteiger partial charge in [0.1, 0.15) is 11.3 Å². The summed E-state index contributed by atoms with van der Waals surface area (Å²) in [5, 5.41) is 4.84. The van der Waals surface area contributed by atoms with Gasteiger partial charge in [-0.3, -0.25) is 4.79 Å². The molecule has 1 heterocycles. The predicted octanol–water partition coefficient (Wildman–Crippen LogP) is 4.36. The molecule has 3 rings (SSSR count). The zero-order valence-electron chi connectivity index (χ0n) is 13.0. The first-order valence-electron chi connectivity index (χ1n) is 7.41. The lowest BCUT2D eigenvalue weighted by atomic mass is 10.2. The van der Waals surface area contributed by atoms with Crippen LogP contribution in [0, 0.1) is 0 Å². The van der Waals surface area contributed by atoms with Crippen molar-refractivity contribution in [1.82, 2.24) is 5.43 Å². The van der Waals surface area contributed by atoms with E-state index in [2.05, 4.69) is 26.5 Å². The van der Waals surface area contributed by atoms with Crippen LogP contribution in [-0.4, -0.2) is 18.7 Å². The zero-order valence-corrected chi connectivity index (χ0v) is 14.5. The highest BCUT2D eigenvalue weighted by molar-refractivity contribution is 9.10. The van der Waals surface area contributed by atoms with Crippen LogP contribution in [0.3, 0.4) is 0 Å². The molecule has 0 aliphatic heterocycles. The number of nitrogens with one attached hydrogen (secondary N) is 1. The summed E-state index contributed by atoms with van der Waals surface area (Å²) in [6.07, 6.45) is 1.56. The summed E-state index contributed by atoms with van der Waals surface area (Å²) in [5.41, 5.74) is 3.96. The minimum absolute atomic E-state index is 0.223. The second-order valence-corrected chi connectivity index (χ2v) is 5.82. The lowest BCUT2D eigenvalue weighted by Crippen LogP contribution is -2.16. The smallest absolute Gasteiger partial charge is 0.307 e. The van der Waals surface area contributed by atoms with Gasteiger partial charge in [0.15, 0.2) is 5.76 Å². The van der Waals surface area contributed by atoms with E-state index in [1.807, 2.05) is 49.4 Å². The molecule has 1 aromatic heterocycles. The van der Waals surface area contributed by atoms with E-state index in [9.17, 15) is 4.79 Å². The number of para-hydroxylation sites is 1. The number of rotatable bonds is 5. The van der Waals surface area contributed by atoms with E-state index in [4.69, 9.17) is 9.15 Å². The van der Waals surface area contributed by atoms with Gasteiger partial charge in [0.2, 0.25) is 0 Å². The fraction of sp³-hybridized carbons (Fsp3) is 0.111. The van der Waals surface area contributed by atoms with Gasteiger partial charge >= 0.3 is 5.91 Å². The molecule has 0 saturated heterocycles. The Bertz CT molecular complexity index is 869. The van der Waals surface area contributed by atoms with Gasteiger partial charge in [-0.2, -0.15) is 5.10 Å². The second-order valence-electron chi connectivity index (χ2n) is 4.97. The molecule has 5 nitrogen and oxygen atoms in total. The van der Waals surface area contributed by atoms with E-state index in [0.29, 0.717) is 12.2 Å². The number of benzene rings is 2. The number of carbonyl (C=O) groups excluding carboxylic acids is 1. The number of hydrogen-bond donors (Lipinski definition) is 1. The molecule has 24 heavy (non-hydrogen) atoms. The number of fused-ring (bicyclic) bond motifs is 1. The van der Waals surface area contributed by atoms with Crippen molar-refractivity contribution in [3.05, 3.63) is 64.3 Å². The molecule has 0 aliphatic rings. The third-order valence-corrected chi connectivity index (χ3v) is 3.90. The molecule has 0 unspecified atom stereocenters. The molecule has 1 amide bonds. The normalized spacial score (nSPS) is 11.1. The topological polar surface area (TPSA) is 63.8 Å². The highest BCUT2D eigenvalue weighted by atomic mass is 79.9. The molecule has 0 bridgehead atoms. The Morgan fingerprint density at radius 1 is 1.29 bits per heavy atom. The summed E-state index contributed by atoms with van der Waals surface area (Å²) in [5.74, 6) is 0.592. The summed E-state index contributed by atoms with van der Waals surface area (Å²) in [7, 11) is 0. The number of carbonyl (C=O) groups is 1. The maximum absolute atomic E-state index is 12.1. The largest absolute Gasteiger partial charge is 0.493 e. The molecule has 0 radical (unpaired) electrons. The quantitative estimate of drug-likeness (QED) is 0.523. The van der Waals surface area contributed by atoms with Crippen molar-refractivity contribution in [3.8, 4) is 5.75 Å². The molecular weight excluding hydrogens is 372 g/mol. The standard InChI is InChI=1S/C18H15BrN2O3/c1-2-23-16-8-7-12(9-14(16)19)11-20-21-18(22)17-10-13-5-3-4-6-15(13)24-17/h3-11H,2H2,1H3,(H,21,22). The molecular formula is C18H15BrN2O3. The predicted molar refractivity (Wildman–Crippen MR) is 96.6 cm³/mol. The summed E-state index contributed by atoms with van der Waals surface area (Å²) < 4.78 is 11.8. The van der Waals surface area contributed by atoms with E-state index in [0.717, 1.165) is 21.2 Å². The number of hydrogen-bond acceptors (Lipinski definition) is 4. The van der Waals surface area contributed by atoms with Crippen molar-refractivity contribution >= 4 is 39.0 Å². The number of nitrogens with zero attached hydrogens (tertiary/aromatic N) is 1. The Morgan fingerprint density at radius 3 is 2.88 bits per heavy atom. The lowest BCUT2D eigenvalue weighted by Gasteiger charge is -2.05. The van der Waals surface area contributed by atoms with Gasteiger partial charge in [0.05, 0.1) is 17.3 Å². The number of furan rings is 1. The SMILES string of the molecule is CCOc1ccc(C=NNC(=O)c2cc3ccccc3o2)cc1Br. The van der Waals surface area contributed by atoms with Crippen LogP contribution in [0.25, 0.3) is 11.0 Å². The van der Waals surface area contributed by atoms with E-state index in [1.165, 1.54) is 0 Å². The van der Waals surface area contributed by atoms with Gasteiger partial charge < -0.3 is 9.15 Å². The maximum Gasteiger partial charge on any atom is 0.307 e. The van der Waals surface area contributed by atoms with Crippen molar-refractivity contribution in [2.75, 3.05) is 6.61 Å². The van der Waals surface area contributed by atoms with Crippen LogP contribution < -0.4 is 10.2 Å². The summed E-state index contributed by atoms with van der Waals surface area (Å²) in [6.45, 7) is 2.52. The van der Waals surface area contributed by atoms with E-state index < -0.39 is 5.91 Å². The van der Waals surface area contributed by atoms with E-state index in [-0.39, 0.29) is 5.76 Å². The average molecular weight is 387 g/mol. The van der Waals surface area contributed by atoms with Crippen LogP contribution >= 0.6 is 15.9 Å². The van der Waals surface area contributed by atoms with Crippen LogP contribution in [0.1, 0.15) is 23.0 Å². The minimum Gasteiger partial charge on any atom is -0.493 e. The van der Waals surface area contributed by atoms with Crippen molar-refractivity contribution in [1.29, 1.82) is 0 Å². The molecule has 6 heteroatoms. The first-order valence-corrected chi connectivity index (χ1v) is 8.21. The Morgan fingerprint density at radius 2 is 2.12 bits per heavy atom. The molecule has 0 aliphatic carbocycles. The van der Waals surface area contributed by atoms with Crippen LogP contribution in [0.5, 0.6) is 5.75 Å². The molecule has 122 valence electrons. The molecule has 0 fully saturated rings. The van der Waals surface area contributed by atoms with Crippen LogP contribution in [0.2, 0.25) is 0 Å². The van der Waals surface area contributed by atoms with Gasteiger partial charge in [0, 0.05) is 5.39 Å². The zero-order chi connectivity index (χ0) is 16.9. The number of hydrazone groups is 1. The fourth-order valence-corrected chi connectivity index (χ4v) is 2.70. The monoisotopic (exact) mass is 386 g/mol. The van der Waals surface area contributed by atoms with Crippen LogP contribution in [0.4, 0.5) is 0 Å². The molecule has 0 atom stereocenters. The number of amides is 1. The van der Waals surface area contributed by atoms with Crippen molar-refractivity contribution in [3.63, 3.8) is 0 Å². The van der Waals surface area contributed by atoms with Crippen molar-refractivity contribution in [2.24, 2.45) is 5.10 Å². The molecule has 1 N–H and O–H groups in total. The molecule has 0 spiro atoms.